The molecule has 1 aliphatic rings. The van der Waals surface area contributed by atoms with Crippen molar-refractivity contribution in [3.05, 3.63) is 32.1 Å². The van der Waals surface area contributed by atoms with Gasteiger partial charge in [-0.3, -0.25) is 0 Å². The van der Waals surface area contributed by atoms with E-state index in [4.69, 9.17) is 11.6 Å². The molecule has 0 unspecified atom stereocenters. The Bertz CT molecular complexity index is 461. The van der Waals surface area contributed by atoms with Gasteiger partial charge in [0.05, 0.1) is 20.1 Å². The quantitative estimate of drug-likeness (QED) is 0.544. The van der Waals surface area contributed by atoms with Crippen LogP contribution >= 0.6 is 34.2 Å². The Labute approximate surface area is 113 Å². The van der Waals surface area contributed by atoms with Crippen molar-refractivity contribution < 1.29 is 4.39 Å². The first-order valence-electron chi connectivity index (χ1n) is 5.16. The molecule has 1 saturated carbocycles. The molecule has 84 valence electrons. The highest BCUT2D eigenvalue weighted by molar-refractivity contribution is 14.1. The van der Waals surface area contributed by atoms with Crippen LogP contribution in [0.4, 0.5) is 4.39 Å². The molecule has 1 fully saturated rings. The van der Waals surface area contributed by atoms with E-state index in [1.165, 1.54) is 0 Å². The lowest BCUT2D eigenvalue weighted by Gasteiger charge is -2.22. The third kappa shape index (κ3) is 1.82. The molecule has 0 radical (unpaired) electrons. The topological polar surface area (TPSA) is 23.8 Å². The van der Waals surface area contributed by atoms with Crippen molar-refractivity contribution in [3.63, 3.8) is 0 Å². The van der Waals surface area contributed by atoms with Crippen molar-refractivity contribution in [1.82, 2.24) is 0 Å². The van der Waals surface area contributed by atoms with Gasteiger partial charge < -0.3 is 0 Å². The Balaban J connectivity index is 2.56. The summed E-state index contributed by atoms with van der Waals surface area (Å²) in [7, 11) is 0. The third-order valence-electron chi connectivity index (χ3n) is 3.22. The Morgan fingerprint density at radius 2 is 2.00 bits per heavy atom. The number of nitrogens with zero attached hydrogens (tertiary/aromatic N) is 1. The minimum Gasteiger partial charge on any atom is -0.204 e. The van der Waals surface area contributed by atoms with Gasteiger partial charge in [-0.15, -0.1) is 0 Å². The second kappa shape index (κ2) is 4.50. The van der Waals surface area contributed by atoms with Gasteiger partial charge >= 0.3 is 0 Å². The summed E-state index contributed by atoms with van der Waals surface area (Å²) < 4.78 is 14.2. The summed E-state index contributed by atoms with van der Waals surface area (Å²) in [6, 6.07) is 5.71. The van der Waals surface area contributed by atoms with Gasteiger partial charge in [0.15, 0.2) is 5.82 Å². The molecule has 0 aliphatic heterocycles. The van der Waals surface area contributed by atoms with E-state index in [2.05, 4.69) is 6.07 Å². The Morgan fingerprint density at radius 1 is 1.38 bits per heavy atom. The number of hydrogen-bond donors (Lipinski definition) is 0. The van der Waals surface area contributed by atoms with Gasteiger partial charge in [-0.2, -0.15) is 5.26 Å². The van der Waals surface area contributed by atoms with Gasteiger partial charge in [0.1, 0.15) is 0 Å². The molecule has 2 rings (SSSR count). The molecule has 4 heteroatoms. The normalized spacial score (nSPS) is 18.4. The SMILES string of the molecule is N#CC1(c2ccc(Cl)c(F)c2I)CCCC1. The van der Waals surface area contributed by atoms with Crippen LogP contribution in [0.5, 0.6) is 0 Å². The Hall–Kier alpha value is -0.340. The van der Waals surface area contributed by atoms with Crippen molar-refractivity contribution in [3.8, 4) is 6.07 Å². The summed E-state index contributed by atoms with van der Waals surface area (Å²) in [6.45, 7) is 0. The number of rotatable bonds is 1. The molecule has 0 atom stereocenters. The van der Waals surface area contributed by atoms with Gasteiger partial charge in [0, 0.05) is 0 Å². The first kappa shape index (κ1) is 12.1. The summed E-state index contributed by atoms with van der Waals surface area (Å²) in [6.07, 6.45) is 3.71. The molecule has 0 spiro atoms. The van der Waals surface area contributed by atoms with E-state index in [1.807, 2.05) is 22.6 Å². The molecule has 1 aliphatic carbocycles. The molecule has 1 aromatic rings. The van der Waals surface area contributed by atoms with Crippen LogP contribution in [0, 0.1) is 20.7 Å². The van der Waals surface area contributed by atoms with Crippen LogP contribution in [-0.2, 0) is 5.41 Å². The standard InChI is InChI=1S/C12H10ClFIN/c13-9-4-3-8(11(15)10(9)14)12(7-16)5-1-2-6-12/h3-4H,1-2,5-6H2. The van der Waals surface area contributed by atoms with Crippen LogP contribution in [0.3, 0.4) is 0 Å². The Morgan fingerprint density at radius 3 is 2.56 bits per heavy atom. The summed E-state index contributed by atoms with van der Waals surface area (Å²) in [5.41, 5.74) is 0.303. The minimum atomic E-state index is -0.498. The second-order valence-electron chi connectivity index (χ2n) is 4.12. The average Bonchev–Trinajstić information content (AvgIpc) is 2.76. The van der Waals surface area contributed by atoms with Crippen LogP contribution in [-0.4, -0.2) is 0 Å². The minimum absolute atomic E-state index is 0.124. The molecule has 0 amide bonds. The zero-order chi connectivity index (χ0) is 11.8. The maximum atomic E-state index is 13.7. The van der Waals surface area contributed by atoms with Gasteiger partial charge in [-0.1, -0.05) is 30.5 Å². The molecule has 0 N–H and O–H groups in total. The number of nitriles is 1. The fourth-order valence-electron chi connectivity index (χ4n) is 2.32. The van der Waals surface area contributed by atoms with Gasteiger partial charge in [0.25, 0.3) is 0 Å². The lowest BCUT2D eigenvalue weighted by molar-refractivity contribution is 0.553. The zero-order valence-electron chi connectivity index (χ0n) is 8.56. The largest absolute Gasteiger partial charge is 0.204 e. The molecular weight excluding hydrogens is 339 g/mol. The first-order valence-corrected chi connectivity index (χ1v) is 6.62. The Kier molecular flexibility index (Phi) is 3.41. The van der Waals surface area contributed by atoms with E-state index >= 15 is 0 Å². The third-order valence-corrected chi connectivity index (χ3v) is 4.57. The van der Waals surface area contributed by atoms with Gasteiger partial charge in [-0.05, 0) is 47.1 Å². The zero-order valence-corrected chi connectivity index (χ0v) is 11.5. The fourth-order valence-corrected chi connectivity index (χ4v) is 3.62. The molecule has 16 heavy (non-hydrogen) atoms. The average molecular weight is 350 g/mol. The maximum absolute atomic E-state index is 13.7. The summed E-state index contributed by atoms with van der Waals surface area (Å²) in [5.74, 6) is -0.402. The predicted molar refractivity (Wildman–Crippen MR) is 69.9 cm³/mol. The molecule has 0 aromatic heterocycles. The smallest absolute Gasteiger partial charge is 0.155 e. The van der Waals surface area contributed by atoms with Crippen molar-refractivity contribution >= 4 is 34.2 Å². The van der Waals surface area contributed by atoms with Crippen molar-refractivity contribution in [2.45, 2.75) is 31.1 Å². The lowest BCUT2D eigenvalue weighted by atomic mass is 9.80. The summed E-state index contributed by atoms with van der Waals surface area (Å²) in [4.78, 5) is 0. The van der Waals surface area contributed by atoms with Crippen LogP contribution in [0.2, 0.25) is 5.02 Å². The highest BCUT2D eigenvalue weighted by Gasteiger charge is 2.38. The van der Waals surface area contributed by atoms with Crippen molar-refractivity contribution in [1.29, 1.82) is 5.26 Å². The van der Waals surface area contributed by atoms with Gasteiger partial charge in [-0.25, -0.2) is 4.39 Å². The maximum Gasteiger partial charge on any atom is 0.155 e. The van der Waals surface area contributed by atoms with Crippen molar-refractivity contribution in [2.24, 2.45) is 0 Å². The monoisotopic (exact) mass is 349 g/mol. The second-order valence-corrected chi connectivity index (χ2v) is 5.61. The van der Waals surface area contributed by atoms with E-state index in [1.54, 1.807) is 12.1 Å². The number of benzene rings is 1. The van der Waals surface area contributed by atoms with Crippen LogP contribution < -0.4 is 0 Å². The van der Waals surface area contributed by atoms with E-state index < -0.39 is 11.2 Å². The molecular formula is C12H10ClFIN. The first-order chi connectivity index (χ1) is 7.60. The molecule has 1 nitrogen and oxygen atoms in total. The van der Waals surface area contributed by atoms with E-state index in [-0.39, 0.29) is 5.02 Å². The predicted octanol–water partition coefficient (Wildman–Crippen LogP) is 4.42. The number of halogens is 3. The van der Waals surface area contributed by atoms with E-state index in [9.17, 15) is 9.65 Å². The highest BCUT2D eigenvalue weighted by Crippen LogP contribution is 2.43. The number of hydrogen-bond acceptors (Lipinski definition) is 1. The van der Waals surface area contributed by atoms with Crippen LogP contribution in [0.1, 0.15) is 31.2 Å². The molecule has 0 heterocycles. The van der Waals surface area contributed by atoms with Gasteiger partial charge in [0.2, 0.25) is 0 Å². The molecule has 0 bridgehead atoms. The summed E-state index contributed by atoms with van der Waals surface area (Å²) in [5, 5.41) is 9.47. The fraction of sp³-hybridized carbons (Fsp3) is 0.417. The van der Waals surface area contributed by atoms with E-state index in [0.717, 1.165) is 31.2 Å². The van der Waals surface area contributed by atoms with Crippen LogP contribution in [0.15, 0.2) is 12.1 Å². The highest BCUT2D eigenvalue weighted by atomic mass is 127. The molecule has 0 saturated heterocycles. The lowest BCUT2D eigenvalue weighted by Crippen LogP contribution is -2.21. The van der Waals surface area contributed by atoms with Crippen molar-refractivity contribution in [2.75, 3.05) is 0 Å². The molecule has 1 aromatic carbocycles. The van der Waals surface area contributed by atoms with Crippen LogP contribution in [0.25, 0.3) is 0 Å². The van der Waals surface area contributed by atoms with E-state index in [0.29, 0.717) is 3.57 Å². The summed E-state index contributed by atoms with van der Waals surface area (Å²) >= 11 is 7.66.